The number of nitrogens with one attached hydrogen (secondary N) is 4. The van der Waals surface area contributed by atoms with Crippen LogP contribution in [0, 0.1) is 23.2 Å². The van der Waals surface area contributed by atoms with Crippen LogP contribution < -0.4 is 31.7 Å². The number of hydrogen-bond donors (Lipinski definition) is 5. The number of methoxy groups -OCH3 is 1. The number of nitrogens with two attached hydrogens (primary N) is 1. The highest BCUT2D eigenvalue weighted by Crippen LogP contribution is 2.36. The maximum atomic E-state index is 14.4. The number of likely N-dealkylation sites (tertiary alicyclic amines) is 1. The molecule has 1 aromatic rings. The molecule has 0 bridgehead atoms. The number of primary amides is 1. The van der Waals surface area contributed by atoms with Gasteiger partial charge in [0, 0.05) is 13.1 Å². The van der Waals surface area contributed by atoms with E-state index in [1.54, 1.807) is 7.11 Å². The molecule has 2 saturated carbocycles. The van der Waals surface area contributed by atoms with Crippen LogP contribution in [0.25, 0.3) is 0 Å². The fourth-order valence-corrected chi connectivity index (χ4v) is 7.34. The Kier molecular flexibility index (Phi) is 12.6. The third kappa shape index (κ3) is 9.54. The highest BCUT2D eigenvalue weighted by Gasteiger charge is 2.49. The number of rotatable bonds is 14. The van der Waals surface area contributed by atoms with Gasteiger partial charge in [0.05, 0.1) is 13.2 Å². The molecular weight excluding hydrogens is 640 g/mol. The average Bonchev–Trinajstić information content (AvgIpc) is 3.77. The van der Waals surface area contributed by atoms with Crippen LogP contribution in [0.3, 0.4) is 0 Å². The van der Waals surface area contributed by atoms with E-state index in [9.17, 15) is 28.8 Å². The van der Waals surface area contributed by atoms with Crippen LogP contribution in [0.2, 0.25) is 0 Å². The van der Waals surface area contributed by atoms with Crippen molar-refractivity contribution in [3.8, 4) is 5.75 Å². The van der Waals surface area contributed by atoms with E-state index in [1.165, 1.54) is 4.90 Å². The van der Waals surface area contributed by atoms with E-state index in [1.807, 2.05) is 58.9 Å². The van der Waals surface area contributed by atoms with Crippen LogP contribution in [0.15, 0.2) is 24.3 Å². The number of carbonyl (C=O) groups excluding carboxylic acids is 6. The predicted molar refractivity (Wildman–Crippen MR) is 187 cm³/mol. The molecule has 6 amide bonds. The summed E-state index contributed by atoms with van der Waals surface area (Å²) >= 11 is 0. The molecule has 3 aliphatic rings. The summed E-state index contributed by atoms with van der Waals surface area (Å²) < 4.78 is 5.30. The highest BCUT2D eigenvalue weighted by atomic mass is 16.5. The summed E-state index contributed by atoms with van der Waals surface area (Å²) in [5.74, 6) is -2.47. The summed E-state index contributed by atoms with van der Waals surface area (Å²) in [6.07, 6.45) is 6.06. The van der Waals surface area contributed by atoms with Crippen molar-refractivity contribution in [2.45, 2.75) is 123 Å². The van der Waals surface area contributed by atoms with E-state index in [2.05, 4.69) is 21.3 Å². The Morgan fingerprint density at radius 3 is 2.26 bits per heavy atom. The summed E-state index contributed by atoms with van der Waals surface area (Å²) in [7, 11) is 1.58. The lowest BCUT2D eigenvalue weighted by Crippen LogP contribution is -2.65. The van der Waals surface area contributed by atoms with Gasteiger partial charge in [-0.2, -0.15) is 0 Å². The van der Waals surface area contributed by atoms with E-state index >= 15 is 0 Å². The fourth-order valence-electron chi connectivity index (χ4n) is 7.34. The second-order valence-electron chi connectivity index (χ2n) is 15.7. The van der Waals surface area contributed by atoms with Crippen molar-refractivity contribution in [3.63, 3.8) is 0 Å². The third-order valence-corrected chi connectivity index (χ3v) is 10.5. The van der Waals surface area contributed by atoms with E-state index in [4.69, 9.17) is 10.5 Å². The molecule has 276 valence electrons. The first-order valence-electron chi connectivity index (χ1n) is 18.0. The first-order chi connectivity index (χ1) is 23.6. The standard InChI is InChI=1S/C37H56N6O7/c1-22(2)26-15-18-43(28(26)32(46)40-27(20-23-13-14-23)29(44)31(38)45)33(47)30(36(3,4)5)41-35(49)42-37(16-8-7-9-17-37)34(48)39-21-24-11-10-12-25(19-24)50-6/h10-12,19,22-23,26-28,30H,7-9,13-18,20-21H2,1-6H3,(H2,38,45)(H,39,48)(H,40,46)(H2,41,42,49)/t26-,27?,28+,30-/m1/s1. The summed E-state index contributed by atoms with van der Waals surface area (Å²) in [5, 5.41) is 11.6. The maximum absolute atomic E-state index is 14.4. The Morgan fingerprint density at radius 2 is 1.68 bits per heavy atom. The molecule has 1 aromatic carbocycles. The summed E-state index contributed by atoms with van der Waals surface area (Å²) in [6.45, 7) is 9.98. The van der Waals surface area contributed by atoms with Gasteiger partial charge < -0.3 is 36.6 Å². The topological polar surface area (TPSA) is 189 Å². The van der Waals surface area contributed by atoms with E-state index in [0.717, 1.165) is 37.7 Å². The molecule has 4 rings (SSSR count). The minimum absolute atomic E-state index is 0.0308. The van der Waals surface area contributed by atoms with Gasteiger partial charge in [-0.15, -0.1) is 0 Å². The van der Waals surface area contributed by atoms with Gasteiger partial charge in [-0.05, 0) is 66.5 Å². The number of ketones is 1. The van der Waals surface area contributed by atoms with Crippen LogP contribution in [-0.4, -0.2) is 77.7 Å². The van der Waals surface area contributed by atoms with E-state index in [0.29, 0.717) is 31.4 Å². The monoisotopic (exact) mass is 696 g/mol. The number of Topliss-reactive ketones (excluding diaryl/α,β-unsaturated/α-hetero) is 1. The van der Waals surface area contributed by atoms with Crippen LogP contribution in [-0.2, 0) is 30.5 Å². The number of nitrogens with zero attached hydrogens (tertiary/aromatic N) is 1. The minimum atomic E-state index is -1.16. The number of carbonyl (C=O) groups is 6. The molecule has 0 aromatic heterocycles. The van der Waals surface area contributed by atoms with Gasteiger partial charge >= 0.3 is 6.03 Å². The van der Waals surface area contributed by atoms with Gasteiger partial charge in [-0.25, -0.2) is 4.79 Å². The minimum Gasteiger partial charge on any atom is -0.497 e. The van der Waals surface area contributed by atoms with Crippen molar-refractivity contribution in [1.82, 2.24) is 26.2 Å². The average molecular weight is 697 g/mol. The van der Waals surface area contributed by atoms with Crippen molar-refractivity contribution in [2.24, 2.45) is 28.9 Å². The van der Waals surface area contributed by atoms with Crippen LogP contribution >= 0.6 is 0 Å². The van der Waals surface area contributed by atoms with Crippen molar-refractivity contribution in [2.75, 3.05) is 13.7 Å². The van der Waals surface area contributed by atoms with Gasteiger partial charge in [0.1, 0.15) is 23.4 Å². The molecular formula is C37H56N6O7. The number of amides is 6. The molecule has 0 radical (unpaired) electrons. The molecule has 1 heterocycles. The van der Waals surface area contributed by atoms with Gasteiger partial charge in [0.2, 0.25) is 23.5 Å². The molecule has 13 heteroatoms. The Labute approximate surface area is 295 Å². The zero-order valence-corrected chi connectivity index (χ0v) is 30.4. The molecule has 50 heavy (non-hydrogen) atoms. The van der Waals surface area contributed by atoms with Crippen molar-refractivity contribution >= 4 is 35.4 Å². The Morgan fingerprint density at radius 1 is 1.00 bits per heavy atom. The van der Waals surface area contributed by atoms with Gasteiger partial charge in [-0.1, -0.05) is 78.9 Å². The van der Waals surface area contributed by atoms with Gasteiger partial charge in [0.15, 0.2) is 0 Å². The van der Waals surface area contributed by atoms with Crippen LogP contribution in [0.4, 0.5) is 4.79 Å². The lowest BCUT2D eigenvalue weighted by molar-refractivity contribution is -0.144. The molecule has 3 fully saturated rings. The first-order valence-corrected chi connectivity index (χ1v) is 18.0. The maximum Gasteiger partial charge on any atom is 0.316 e. The zero-order chi connectivity index (χ0) is 36.8. The molecule has 13 nitrogen and oxygen atoms in total. The molecule has 1 saturated heterocycles. The van der Waals surface area contributed by atoms with Gasteiger partial charge in [-0.3, -0.25) is 24.0 Å². The summed E-state index contributed by atoms with van der Waals surface area (Å²) in [6, 6.07) is 3.74. The Bertz CT molecular complexity index is 1430. The molecule has 4 atom stereocenters. The molecule has 1 aliphatic heterocycles. The Hall–Kier alpha value is -4.16. The third-order valence-electron chi connectivity index (χ3n) is 10.5. The normalized spacial score (nSPS) is 21.5. The molecule has 6 N–H and O–H groups in total. The van der Waals surface area contributed by atoms with E-state index in [-0.39, 0.29) is 36.8 Å². The smallest absolute Gasteiger partial charge is 0.316 e. The number of benzene rings is 1. The lowest BCUT2D eigenvalue weighted by Gasteiger charge is -2.39. The number of ether oxygens (including phenoxy) is 1. The molecule has 0 spiro atoms. The van der Waals surface area contributed by atoms with Crippen LogP contribution in [0.1, 0.15) is 98.0 Å². The molecule has 2 aliphatic carbocycles. The number of hydrogen-bond acceptors (Lipinski definition) is 7. The quantitative estimate of drug-likeness (QED) is 0.185. The van der Waals surface area contributed by atoms with E-state index < -0.39 is 58.6 Å². The predicted octanol–water partition coefficient (Wildman–Crippen LogP) is 2.94. The van der Waals surface area contributed by atoms with Crippen molar-refractivity contribution < 1.29 is 33.5 Å². The lowest BCUT2D eigenvalue weighted by atomic mass is 9.80. The van der Waals surface area contributed by atoms with Crippen molar-refractivity contribution in [1.29, 1.82) is 0 Å². The fraction of sp³-hybridized carbons (Fsp3) is 0.676. The first kappa shape index (κ1) is 38.6. The number of urea groups is 1. The second-order valence-corrected chi connectivity index (χ2v) is 15.7. The second kappa shape index (κ2) is 16.2. The van der Waals surface area contributed by atoms with Crippen LogP contribution in [0.5, 0.6) is 5.75 Å². The summed E-state index contributed by atoms with van der Waals surface area (Å²) in [4.78, 5) is 81.8. The molecule has 1 unspecified atom stereocenters. The largest absolute Gasteiger partial charge is 0.497 e. The zero-order valence-electron chi connectivity index (χ0n) is 30.4. The Balaban J connectivity index is 1.51. The van der Waals surface area contributed by atoms with Gasteiger partial charge in [0.25, 0.3) is 5.91 Å². The van der Waals surface area contributed by atoms with Crippen molar-refractivity contribution in [3.05, 3.63) is 29.8 Å². The summed E-state index contributed by atoms with van der Waals surface area (Å²) in [5.41, 5.74) is 4.25. The highest BCUT2D eigenvalue weighted by molar-refractivity contribution is 6.37. The SMILES string of the molecule is COc1cccc(CNC(=O)C2(NC(=O)N[C@H](C(=O)N3CC[C@H](C(C)C)[C@H]3C(=O)NC(CC3CC3)C(=O)C(N)=O)C(C)(C)C)CCCCC2)c1.